The highest BCUT2D eigenvalue weighted by Gasteiger charge is 2.19. The van der Waals surface area contributed by atoms with E-state index in [9.17, 15) is 9.59 Å². The summed E-state index contributed by atoms with van der Waals surface area (Å²) in [6.45, 7) is 1.89. The molecule has 8 heteroatoms. The number of halogens is 1. The Balaban J connectivity index is 1.64. The average Bonchev–Trinajstić information content (AvgIpc) is 2.78. The Morgan fingerprint density at radius 3 is 2.61 bits per heavy atom. The molecular weight excluding hydrogens is 418 g/mol. The number of hydrogen-bond acceptors (Lipinski definition) is 5. The van der Waals surface area contributed by atoms with Gasteiger partial charge in [-0.3, -0.25) is 14.6 Å². The predicted molar refractivity (Wildman–Crippen MR) is 119 cm³/mol. The third-order valence-corrected chi connectivity index (χ3v) is 4.74. The minimum atomic E-state index is -0.786. The molecule has 0 fully saturated rings. The van der Waals surface area contributed by atoms with Crippen LogP contribution in [0.25, 0.3) is 0 Å². The lowest BCUT2D eigenvalue weighted by atomic mass is 10.2. The number of rotatable bonds is 8. The highest BCUT2D eigenvalue weighted by molar-refractivity contribution is 6.33. The number of methoxy groups -OCH3 is 1. The number of benzene rings is 2. The van der Waals surface area contributed by atoms with Crippen LogP contribution in [0.1, 0.15) is 22.8 Å². The maximum Gasteiger partial charge on any atom is 0.253 e. The van der Waals surface area contributed by atoms with E-state index in [0.29, 0.717) is 34.4 Å². The van der Waals surface area contributed by atoms with Crippen molar-refractivity contribution < 1.29 is 19.1 Å². The van der Waals surface area contributed by atoms with E-state index in [1.165, 1.54) is 7.11 Å². The summed E-state index contributed by atoms with van der Waals surface area (Å²) in [4.78, 5) is 29.0. The Hall–Kier alpha value is -3.58. The summed E-state index contributed by atoms with van der Waals surface area (Å²) in [5.41, 5.74) is 1.71. The number of carbonyl (C=O) groups excluding carboxylic acids is 2. The molecule has 1 aromatic heterocycles. The Labute approximate surface area is 185 Å². The minimum Gasteiger partial charge on any atom is -0.493 e. The van der Waals surface area contributed by atoms with Crippen molar-refractivity contribution in [3.63, 3.8) is 0 Å². The zero-order valence-electron chi connectivity index (χ0n) is 17.1. The lowest BCUT2D eigenvalue weighted by Gasteiger charge is -2.16. The van der Waals surface area contributed by atoms with Crippen molar-refractivity contribution in [1.82, 2.24) is 10.3 Å². The highest BCUT2D eigenvalue weighted by atomic mass is 35.5. The number of carbonyl (C=O) groups is 2. The normalized spacial score (nSPS) is 11.3. The standard InChI is InChI=1S/C23H22ClN3O4/c1-15(26-23(29)18-7-3-4-8-19(18)24)22(28)27-17-9-10-20(30-2)21(12-17)31-14-16-6-5-11-25-13-16/h3-13,15H,14H2,1-2H3,(H,26,29)(H,27,28). The molecule has 0 bridgehead atoms. The predicted octanol–water partition coefficient (Wildman–Crippen LogP) is 4.08. The number of aromatic nitrogens is 1. The third-order valence-electron chi connectivity index (χ3n) is 4.41. The van der Waals surface area contributed by atoms with Gasteiger partial charge in [0.2, 0.25) is 5.91 Å². The Kier molecular flexibility index (Phi) is 7.45. The number of nitrogens with one attached hydrogen (secondary N) is 2. The van der Waals surface area contributed by atoms with Crippen molar-refractivity contribution in [2.75, 3.05) is 12.4 Å². The molecule has 3 rings (SSSR count). The van der Waals surface area contributed by atoms with Crippen LogP contribution in [0.5, 0.6) is 11.5 Å². The minimum absolute atomic E-state index is 0.298. The van der Waals surface area contributed by atoms with Gasteiger partial charge in [0.25, 0.3) is 5.91 Å². The molecule has 31 heavy (non-hydrogen) atoms. The molecule has 1 atom stereocenters. The fraction of sp³-hybridized carbons (Fsp3) is 0.174. The molecule has 0 aliphatic carbocycles. The first-order valence-electron chi connectivity index (χ1n) is 9.54. The van der Waals surface area contributed by atoms with Crippen molar-refractivity contribution in [3.8, 4) is 11.5 Å². The Bertz CT molecular complexity index is 1060. The fourth-order valence-electron chi connectivity index (χ4n) is 2.75. The maximum absolute atomic E-state index is 12.6. The molecule has 7 nitrogen and oxygen atoms in total. The van der Waals surface area contributed by atoms with Crippen LogP contribution in [0.3, 0.4) is 0 Å². The lowest BCUT2D eigenvalue weighted by Crippen LogP contribution is -2.41. The second-order valence-electron chi connectivity index (χ2n) is 6.68. The summed E-state index contributed by atoms with van der Waals surface area (Å²) >= 11 is 6.04. The number of anilines is 1. The highest BCUT2D eigenvalue weighted by Crippen LogP contribution is 2.31. The first-order chi connectivity index (χ1) is 15.0. The average molecular weight is 440 g/mol. The summed E-state index contributed by atoms with van der Waals surface area (Å²) < 4.78 is 11.2. The number of amides is 2. The van der Waals surface area contributed by atoms with Crippen LogP contribution in [0.4, 0.5) is 5.69 Å². The van der Waals surface area contributed by atoms with E-state index in [4.69, 9.17) is 21.1 Å². The lowest BCUT2D eigenvalue weighted by molar-refractivity contribution is -0.117. The van der Waals surface area contributed by atoms with Gasteiger partial charge in [-0.15, -0.1) is 0 Å². The molecule has 0 radical (unpaired) electrons. The summed E-state index contributed by atoms with van der Waals surface area (Å²) in [6, 6.07) is 14.6. The zero-order chi connectivity index (χ0) is 22.2. The Morgan fingerprint density at radius 2 is 1.90 bits per heavy atom. The summed E-state index contributed by atoms with van der Waals surface area (Å²) in [5.74, 6) is 0.186. The van der Waals surface area contributed by atoms with E-state index in [2.05, 4.69) is 15.6 Å². The maximum atomic E-state index is 12.6. The molecule has 2 aromatic carbocycles. The Morgan fingerprint density at radius 1 is 1.10 bits per heavy atom. The van der Waals surface area contributed by atoms with Crippen LogP contribution in [-0.4, -0.2) is 29.9 Å². The first-order valence-corrected chi connectivity index (χ1v) is 9.91. The molecule has 0 spiro atoms. The molecule has 0 saturated heterocycles. The molecule has 1 unspecified atom stereocenters. The second-order valence-corrected chi connectivity index (χ2v) is 7.09. The summed E-state index contributed by atoms with van der Waals surface area (Å²) in [7, 11) is 1.54. The van der Waals surface area contributed by atoms with Crippen LogP contribution in [0.2, 0.25) is 5.02 Å². The van der Waals surface area contributed by atoms with Gasteiger partial charge in [0.05, 0.1) is 17.7 Å². The summed E-state index contributed by atoms with van der Waals surface area (Å²) in [5, 5.41) is 5.73. The van der Waals surface area contributed by atoms with Gasteiger partial charge in [-0.25, -0.2) is 0 Å². The zero-order valence-corrected chi connectivity index (χ0v) is 17.8. The van der Waals surface area contributed by atoms with Gasteiger partial charge >= 0.3 is 0 Å². The quantitative estimate of drug-likeness (QED) is 0.552. The van der Waals surface area contributed by atoms with Gasteiger partial charge in [0, 0.05) is 29.7 Å². The van der Waals surface area contributed by atoms with Gasteiger partial charge in [0.15, 0.2) is 11.5 Å². The fourth-order valence-corrected chi connectivity index (χ4v) is 2.97. The van der Waals surface area contributed by atoms with Crippen LogP contribution in [0.15, 0.2) is 67.0 Å². The van der Waals surface area contributed by atoms with Gasteiger partial charge in [-0.2, -0.15) is 0 Å². The van der Waals surface area contributed by atoms with Crippen LogP contribution >= 0.6 is 11.6 Å². The first kappa shape index (κ1) is 22.1. The smallest absolute Gasteiger partial charge is 0.253 e. The third kappa shape index (κ3) is 5.96. The van der Waals surface area contributed by atoms with Crippen LogP contribution < -0.4 is 20.1 Å². The van der Waals surface area contributed by atoms with Crippen molar-refractivity contribution in [1.29, 1.82) is 0 Å². The van der Waals surface area contributed by atoms with Crippen LogP contribution in [0, 0.1) is 0 Å². The van der Waals surface area contributed by atoms with E-state index in [0.717, 1.165) is 5.56 Å². The topological polar surface area (TPSA) is 89.6 Å². The van der Waals surface area contributed by atoms with Gasteiger partial charge in [0.1, 0.15) is 12.6 Å². The molecule has 160 valence electrons. The van der Waals surface area contributed by atoms with Crippen LogP contribution in [-0.2, 0) is 11.4 Å². The number of pyridine rings is 1. The van der Waals surface area contributed by atoms with E-state index < -0.39 is 11.9 Å². The molecule has 2 amide bonds. The number of hydrogen-bond donors (Lipinski definition) is 2. The van der Waals surface area contributed by atoms with Crippen molar-refractivity contribution in [2.45, 2.75) is 19.6 Å². The van der Waals surface area contributed by atoms with Gasteiger partial charge < -0.3 is 20.1 Å². The van der Waals surface area contributed by atoms with E-state index >= 15 is 0 Å². The summed E-state index contributed by atoms with van der Waals surface area (Å²) in [6.07, 6.45) is 3.40. The van der Waals surface area contributed by atoms with Gasteiger partial charge in [-0.05, 0) is 37.3 Å². The molecular formula is C23H22ClN3O4. The molecule has 0 saturated carbocycles. The monoisotopic (exact) mass is 439 g/mol. The van der Waals surface area contributed by atoms with E-state index in [-0.39, 0.29) is 5.91 Å². The number of nitrogens with zero attached hydrogens (tertiary/aromatic N) is 1. The second kappa shape index (κ2) is 10.4. The van der Waals surface area contributed by atoms with Crippen molar-refractivity contribution in [2.24, 2.45) is 0 Å². The van der Waals surface area contributed by atoms with E-state index in [1.54, 1.807) is 61.8 Å². The molecule has 2 N–H and O–H groups in total. The molecule has 0 aliphatic rings. The van der Waals surface area contributed by atoms with Gasteiger partial charge in [-0.1, -0.05) is 29.8 Å². The molecule has 3 aromatic rings. The SMILES string of the molecule is COc1ccc(NC(=O)C(C)NC(=O)c2ccccc2Cl)cc1OCc1cccnc1. The van der Waals surface area contributed by atoms with Crippen molar-refractivity contribution >= 4 is 29.1 Å². The van der Waals surface area contributed by atoms with E-state index in [1.807, 2.05) is 12.1 Å². The van der Waals surface area contributed by atoms with Crippen molar-refractivity contribution in [3.05, 3.63) is 83.1 Å². The number of ether oxygens (including phenoxy) is 2. The molecule has 1 heterocycles. The largest absolute Gasteiger partial charge is 0.493 e. The molecule has 0 aliphatic heterocycles.